The molecule has 4 aromatic rings. The molecule has 2 aromatic carbocycles. The lowest BCUT2D eigenvalue weighted by Gasteiger charge is -2.32. The Balaban J connectivity index is 1.35. The molecule has 10 nitrogen and oxygen atoms in total. The molecule has 10 heteroatoms. The zero-order valence-corrected chi connectivity index (χ0v) is 19.2. The molecule has 0 aliphatic carbocycles. The van der Waals surface area contributed by atoms with Gasteiger partial charge in [0, 0.05) is 30.3 Å². The second-order valence-corrected chi connectivity index (χ2v) is 8.22. The predicted molar refractivity (Wildman–Crippen MR) is 129 cm³/mol. The van der Waals surface area contributed by atoms with E-state index in [-0.39, 0.29) is 23.3 Å². The van der Waals surface area contributed by atoms with Gasteiger partial charge >= 0.3 is 5.97 Å². The normalized spacial score (nSPS) is 14.1. The second kappa shape index (κ2) is 9.88. The fourth-order valence-electron chi connectivity index (χ4n) is 4.17. The third-order valence-corrected chi connectivity index (χ3v) is 5.98. The number of aromatic nitrogens is 4. The summed E-state index contributed by atoms with van der Waals surface area (Å²) in [6.45, 7) is 3.37. The molecule has 0 bridgehead atoms. The van der Waals surface area contributed by atoms with Gasteiger partial charge in [-0.2, -0.15) is 0 Å². The number of fused-ring (bicyclic) bond motifs is 1. The lowest BCUT2D eigenvalue weighted by molar-refractivity contribution is 0.0526. The molecule has 178 valence electrons. The minimum Gasteiger partial charge on any atom is -0.462 e. The topological polar surface area (TPSA) is 123 Å². The van der Waals surface area contributed by atoms with Crippen LogP contribution in [0, 0.1) is 5.92 Å². The van der Waals surface area contributed by atoms with E-state index in [2.05, 4.69) is 30.5 Å². The van der Waals surface area contributed by atoms with Crippen LogP contribution in [0.3, 0.4) is 0 Å². The number of benzene rings is 2. The van der Waals surface area contributed by atoms with E-state index in [0.29, 0.717) is 55.4 Å². The molecule has 0 atom stereocenters. The number of nitrogens with zero attached hydrogens (tertiary/aromatic N) is 5. The van der Waals surface area contributed by atoms with E-state index in [9.17, 15) is 9.59 Å². The maximum absolute atomic E-state index is 12.9. The van der Waals surface area contributed by atoms with E-state index >= 15 is 0 Å². The van der Waals surface area contributed by atoms with Gasteiger partial charge in [0.05, 0.1) is 12.2 Å². The summed E-state index contributed by atoms with van der Waals surface area (Å²) in [5.74, 6) is 0.860. The number of hydrogen-bond donors (Lipinski definition) is 1. The van der Waals surface area contributed by atoms with E-state index in [4.69, 9.17) is 9.37 Å². The molecule has 0 saturated carbocycles. The molecule has 0 radical (unpaired) electrons. The summed E-state index contributed by atoms with van der Waals surface area (Å²) in [6, 6.07) is 16.3. The largest absolute Gasteiger partial charge is 0.462 e. The van der Waals surface area contributed by atoms with Gasteiger partial charge in [-0.25, -0.2) is 19.4 Å². The number of nitrogens with one attached hydrogen (secondary N) is 1. The van der Waals surface area contributed by atoms with E-state index in [1.54, 1.807) is 31.2 Å². The Morgan fingerprint density at radius 1 is 0.971 bits per heavy atom. The Kier molecular flexibility index (Phi) is 6.34. The minimum atomic E-state index is -0.373. The quantitative estimate of drug-likeness (QED) is 0.311. The van der Waals surface area contributed by atoms with Gasteiger partial charge in [-0.3, -0.25) is 4.79 Å². The van der Waals surface area contributed by atoms with Gasteiger partial charge in [0.1, 0.15) is 0 Å². The summed E-state index contributed by atoms with van der Waals surface area (Å²) in [6.07, 6.45) is 1.41. The molecule has 5 rings (SSSR count). The van der Waals surface area contributed by atoms with Crippen molar-refractivity contribution in [3.63, 3.8) is 0 Å². The Bertz CT molecular complexity index is 1330. The predicted octanol–water partition coefficient (Wildman–Crippen LogP) is 4.03. The van der Waals surface area contributed by atoms with Crippen molar-refractivity contribution >= 4 is 40.4 Å². The first kappa shape index (κ1) is 22.5. The van der Waals surface area contributed by atoms with Crippen LogP contribution in [0.4, 0.5) is 17.3 Å². The third-order valence-electron chi connectivity index (χ3n) is 5.98. The first-order valence-corrected chi connectivity index (χ1v) is 11.5. The summed E-state index contributed by atoms with van der Waals surface area (Å²) in [7, 11) is 0. The molecule has 35 heavy (non-hydrogen) atoms. The van der Waals surface area contributed by atoms with E-state index in [1.807, 2.05) is 30.3 Å². The van der Waals surface area contributed by atoms with Gasteiger partial charge < -0.3 is 15.0 Å². The monoisotopic (exact) mass is 472 g/mol. The highest BCUT2D eigenvalue weighted by Crippen LogP contribution is 2.31. The van der Waals surface area contributed by atoms with Gasteiger partial charge in [0.25, 0.3) is 0 Å². The molecule has 0 unspecified atom stereocenters. The van der Waals surface area contributed by atoms with Crippen LogP contribution < -0.4 is 10.2 Å². The average Bonchev–Trinajstić information content (AvgIpc) is 3.36. The smallest absolute Gasteiger partial charge is 0.338 e. The van der Waals surface area contributed by atoms with Crippen LogP contribution in [0.15, 0.2) is 59.2 Å². The van der Waals surface area contributed by atoms with Gasteiger partial charge in [-0.05, 0) is 54.3 Å². The Labute approximate surface area is 201 Å². The number of ether oxygens (including phenoxy) is 1. The zero-order chi connectivity index (χ0) is 24.2. The van der Waals surface area contributed by atoms with Crippen molar-refractivity contribution in [2.45, 2.75) is 19.8 Å². The van der Waals surface area contributed by atoms with Crippen LogP contribution in [0.5, 0.6) is 0 Å². The number of anilines is 3. The van der Waals surface area contributed by atoms with Crippen LogP contribution in [0.2, 0.25) is 0 Å². The summed E-state index contributed by atoms with van der Waals surface area (Å²) in [5.41, 5.74) is 2.53. The summed E-state index contributed by atoms with van der Waals surface area (Å²) in [4.78, 5) is 36.1. The molecule has 1 aliphatic heterocycles. The van der Waals surface area contributed by atoms with Crippen LogP contribution in [-0.4, -0.2) is 51.7 Å². The summed E-state index contributed by atoms with van der Waals surface area (Å²) in [5, 5.41) is 10.9. The molecular weight excluding hydrogens is 448 g/mol. The molecule has 0 spiro atoms. The minimum absolute atomic E-state index is 0.0362. The van der Waals surface area contributed by atoms with Crippen molar-refractivity contribution in [1.82, 2.24) is 20.3 Å². The van der Waals surface area contributed by atoms with Crippen LogP contribution in [-0.2, 0) is 4.74 Å². The number of hydrogen-bond acceptors (Lipinski definition) is 10. The zero-order valence-electron chi connectivity index (χ0n) is 19.2. The number of piperidine rings is 1. The van der Waals surface area contributed by atoms with Gasteiger partial charge in [-0.1, -0.05) is 30.3 Å². The fourth-order valence-corrected chi connectivity index (χ4v) is 4.17. The standard InChI is InChI=1S/C25H24N6O4/c1-2-34-25(33)18-8-10-19(11-9-18)26-23-24(28-22-21(27-23)29-35-30-22)31-14-12-17(13-15-31)20(32)16-6-4-3-5-7-16/h3-11,17H,2,12-15H2,1H3,(H,26,27,29). The molecule has 1 N–H and O–H groups in total. The lowest BCUT2D eigenvalue weighted by atomic mass is 9.89. The van der Waals surface area contributed by atoms with E-state index in [1.165, 1.54) is 0 Å². The summed E-state index contributed by atoms with van der Waals surface area (Å²) < 4.78 is 9.85. The molecule has 3 heterocycles. The Morgan fingerprint density at radius 2 is 1.66 bits per heavy atom. The maximum Gasteiger partial charge on any atom is 0.338 e. The van der Waals surface area contributed by atoms with E-state index < -0.39 is 0 Å². The molecule has 1 aliphatic rings. The Hall–Kier alpha value is -4.34. The summed E-state index contributed by atoms with van der Waals surface area (Å²) >= 11 is 0. The van der Waals surface area contributed by atoms with Gasteiger partial charge in [0.2, 0.25) is 11.3 Å². The van der Waals surface area contributed by atoms with Crippen LogP contribution >= 0.6 is 0 Å². The SMILES string of the molecule is CCOC(=O)c1ccc(Nc2nc3nonc3nc2N2CCC(C(=O)c3ccccc3)CC2)cc1. The van der Waals surface area contributed by atoms with E-state index in [0.717, 1.165) is 11.3 Å². The molecule has 1 fully saturated rings. The van der Waals surface area contributed by atoms with Crippen LogP contribution in [0.25, 0.3) is 11.3 Å². The van der Waals surface area contributed by atoms with Crippen molar-refractivity contribution in [2.75, 3.05) is 29.9 Å². The van der Waals surface area contributed by atoms with Gasteiger partial charge in [-0.15, -0.1) is 0 Å². The number of carbonyl (C=O) groups is 2. The second-order valence-electron chi connectivity index (χ2n) is 8.22. The van der Waals surface area contributed by atoms with Gasteiger partial charge in [0.15, 0.2) is 17.4 Å². The molecule has 0 amide bonds. The van der Waals surface area contributed by atoms with Crippen molar-refractivity contribution < 1.29 is 19.0 Å². The van der Waals surface area contributed by atoms with Crippen LogP contribution in [0.1, 0.15) is 40.5 Å². The fraction of sp³-hybridized carbons (Fsp3) is 0.280. The highest BCUT2D eigenvalue weighted by Gasteiger charge is 2.28. The van der Waals surface area contributed by atoms with Crippen molar-refractivity contribution in [3.8, 4) is 0 Å². The lowest BCUT2D eigenvalue weighted by Crippen LogP contribution is -2.37. The number of rotatable bonds is 7. The van der Waals surface area contributed by atoms with Crippen molar-refractivity contribution in [1.29, 1.82) is 0 Å². The average molecular weight is 473 g/mol. The molecule has 1 saturated heterocycles. The number of ketones is 1. The number of Topliss-reactive ketones (excluding diaryl/α,β-unsaturated/α-hetero) is 1. The van der Waals surface area contributed by atoms with Crippen molar-refractivity contribution in [3.05, 3.63) is 65.7 Å². The first-order valence-electron chi connectivity index (χ1n) is 11.5. The molecule has 2 aromatic heterocycles. The first-order chi connectivity index (χ1) is 17.1. The Morgan fingerprint density at radius 3 is 2.34 bits per heavy atom. The third kappa shape index (κ3) is 4.81. The molecular formula is C25H24N6O4. The number of carbonyl (C=O) groups excluding carboxylic acids is 2. The van der Waals surface area contributed by atoms with Crippen molar-refractivity contribution in [2.24, 2.45) is 5.92 Å². The highest BCUT2D eigenvalue weighted by atomic mass is 16.6. The number of esters is 1. The maximum atomic E-state index is 12.9. The highest BCUT2D eigenvalue weighted by molar-refractivity contribution is 5.98.